The molecular weight excluding hydrogens is 264 g/mol. The van der Waals surface area contributed by atoms with E-state index in [1.54, 1.807) is 0 Å². The highest BCUT2D eigenvalue weighted by Gasteiger charge is 2.04. The summed E-state index contributed by atoms with van der Waals surface area (Å²) in [4.78, 5) is 5.82. The van der Waals surface area contributed by atoms with E-state index in [1.807, 2.05) is 24.8 Å². The molecule has 1 aromatic heterocycles. The van der Waals surface area contributed by atoms with Gasteiger partial charge in [0.1, 0.15) is 0 Å². The molecule has 0 saturated carbocycles. The summed E-state index contributed by atoms with van der Waals surface area (Å²) in [6, 6.07) is 15.4. The fourth-order valence-electron chi connectivity index (χ4n) is 2.11. The Hall–Kier alpha value is -1.32. The number of hydrogen-bond donors (Lipinski definition) is 1. The minimum absolute atomic E-state index is 0.414. The molecule has 0 amide bonds. The largest absolute Gasteiger partial charge is 0.310 e. The minimum atomic E-state index is 0.414. The van der Waals surface area contributed by atoms with Crippen molar-refractivity contribution in [3.8, 4) is 0 Å². The molecule has 0 aliphatic heterocycles. The second-order valence-corrected chi connectivity index (χ2v) is 5.96. The highest BCUT2D eigenvalue weighted by molar-refractivity contribution is 7.98. The van der Waals surface area contributed by atoms with Crippen LogP contribution in [-0.2, 0) is 5.75 Å². The molecule has 1 N–H and O–H groups in total. The average Bonchev–Trinajstić information content (AvgIpc) is 2.46. The third-order valence-electron chi connectivity index (χ3n) is 3.22. The predicted octanol–water partition coefficient (Wildman–Crippen LogP) is 4.35. The lowest BCUT2D eigenvalue weighted by Crippen LogP contribution is -2.17. The molecule has 0 saturated heterocycles. The number of hydrogen-bond acceptors (Lipinski definition) is 3. The number of thioether (sulfide) groups is 1. The van der Waals surface area contributed by atoms with Crippen LogP contribution in [0, 0.1) is 6.92 Å². The van der Waals surface area contributed by atoms with Crippen LogP contribution < -0.4 is 5.32 Å². The summed E-state index contributed by atoms with van der Waals surface area (Å²) < 4.78 is 0. The van der Waals surface area contributed by atoms with Crippen molar-refractivity contribution < 1.29 is 0 Å². The monoisotopic (exact) mass is 286 g/mol. The summed E-state index contributed by atoms with van der Waals surface area (Å²) in [6.45, 7) is 7.36. The first kappa shape index (κ1) is 15.1. The smallest absolute Gasteiger partial charge is 0.0509 e. The first-order valence-electron chi connectivity index (χ1n) is 7.07. The average molecular weight is 286 g/mol. The lowest BCUT2D eigenvalue weighted by atomic mass is 10.1. The molecule has 3 heteroatoms. The molecule has 0 aliphatic carbocycles. The number of rotatable bonds is 6. The Balaban J connectivity index is 1.94. The van der Waals surface area contributed by atoms with Gasteiger partial charge in [-0.05, 0) is 50.2 Å². The Bertz CT molecular complexity index is 537. The SMILES string of the molecule is CCNC(C)c1ccc(SCc2cccc(C)n2)cc1. The normalized spacial score (nSPS) is 12.3. The highest BCUT2D eigenvalue weighted by atomic mass is 32.2. The molecule has 0 bridgehead atoms. The maximum absolute atomic E-state index is 4.53. The van der Waals surface area contributed by atoms with E-state index >= 15 is 0 Å². The van der Waals surface area contributed by atoms with Gasteiger partial charge in [0, 0.05) is 22.4 Å². The van der Waals surface area contributed by atoms with Crippen molar-refractivity contribution in [3.63, 3.8) is 0 Å². The molecule has 1 heterocycles. The van der Waals surface area contributed by atoms with E-state index in [2.05, 4.69) is 60.5 Å². The van der Waals surface area contributed by atoms with Gasteiger partial charge in [-0.3, -0.25) is 4.98 Å². The van der Waals surface area contributed by atoms with Crippen molar-refractivity contribution >= 4 is 11.8 Å². The van der Waals surface area contributed by atoms with Gasteiger partial charge in [0.25, 0.3) is 0 Å². The first-order valence-corrected chi connectivity index (χ1v) is 8.06. The van der Waals surface area contributed by atoms with Crippen LogP contribution in [-0.4, -0.2) is 11.5 Å². The molecule has 1 aromatic carbocycles. The molecule has 0 spiro atoms. The van der Waals surface area contributed by atoms with Gasteiger partial charge in [-0.25, -0.2) is 0 Å². The number of nitrogens with one attached hydrogen (secondary N) is 1. The van der Waals surface area contributed by atoms with Gasteiger partial charge in [0.05, 0.1) is 5.69 Å². The predicted molar refractivity (Wildman–Crippen MR) is 87.1 cm³/mol. The van der Waals surface area contributed by atoms with Gasteiger partial charge >= 0.3 is 0 Å². The Kier molecular flexibility index (Phi) is 5.62. The molecule has 2 rings (SSSR count). The zero-order valence-electron chi connectivity index (χ0n) is 12.4. The van der Waals surface area contributed by atoms with Crippen LogP contribution >= 0.6 is 11.8 Å². The molecule has 0 fully saturated rings. The summed E-state index contributed by atoms with van der Waals surface area (Å²) in [5.41, 5.74) is 3.56. The van der Waals surface area contributed by atoms with E-state index in [1.165, 1.54) is 10.5 Å². The zero-order valence-corrected chi connectivity index (χ0v) is 13.2. The second-order valence-electron chi connectivity index (χ2n) is 4.91. The van der Waals surface area contributed by atoms with E-state index in [0.717, 1.165) is 23.7 Å². The third kappa shape index (κ3) is 4.36. The number of pyridine rings is 1. The van der Waals surface area contributed by atoms with Gasteiger partial charge in [-0.15, -0.1) is 11.8 Å². The Labute approximate surface area is 126 Å². The number of aromatic nitrogens is 1. The lowest BCUT2D eigenvalue weighted by molar-refractivity contribution is 0.598. The summed E-state index contributed by atoms with van der Waals surface area (Å²) in [6.07, 6.45) is 0. The molecule has 20 heavy (non-hydrogen) atoms. The molecule has 0 radical (unpaired) electrons. The highest BCUT2D eigenvalue weighted by Crippen LogP contribution is 2.24. The van der Waals surface area contributed by atoms with Crippen LogP contribution in [0.4, 0.5) is 0 Å². The van der Waals surface area contributed by atoms with Crippen LogP contribution in [0.2, 0.25) is 0 Å². The summed E-state index contributed by atoms with van der Waals surface area (Å²) in [5.74, 6) is 0.920. The van der Waals surface area contributed by atoms with Crippen molar-refractivity contribution in [2.45, 2.75) is 37.5 Å². The van der Waals surface area contributed by atoms with Crippen LogP contribution in [0.1, 0.15) is 36.8 Å². The third-order valence-corrected chi connectivity index (χ3v) is 4.27. The Morgan fingerprint density at radius 3 is 2.55 bits per heavy atom. The van der Waals surface area contributed by atoms with Crippen LogP contribution in [0.5, 0.6) is 0 Å². The molecule has 2 aromatic rings. The number of aryl methyl sites for hydroxylation is 1. The molecule has 2 nitrogen and oxygen atoms in total. The van der Waals surface area contributed by atoms with Gasteiger partial charge < -0.3 is 5.32 Å². The van der Waals surface area contributed by atoms with Gasteiger partial charge in [-0.1, -0.05) is 25.1 Å². The number of nitrogens with zero attached hydrogens (tertiary/aromatic N) is 1. The second kappa shape index (κ2) is 7.46. The van der Waals surface area contributed by atoms with E-state index in [-0.39, 0.29) is 0 Å². The van der Waals surface area contributed by atoms with Crippen molar-refractivity contribution in [3.05, 3.63) is 59.4 Å². The van der Waals surface area contributed by atoms with E-state index in [4.69, 9.17) is 0 Å². The minimum Gasteiger partial charge on any atom is -0.310 e. The fraction of sp³-hybridized carbons (Fsp3) is 0.353. The Morgan fingerprint density at radius 1 is 1.15 bits per heavy atom. The maximum Gasteiger partial charge on any atom is 0.0509 e. The molecule has 0 aliphatic rings. The lowest BCUT2D eigenvalue weighted by Gasteiger charge is -2.13. The number of benzene rings is 1. The first-order chi connectivity index (χ1) is 9.69. The Morgan fingerprint density at radius 2 is 1.90 bits per heavy atom. The maximum atomic E-state index is 4.53. The van der Waals surface area contributed by atoms with Gasteiger partial charge in [-0.2, -0.15) is 0 Å². The standard InChI is InChI=1S/C17H22N2S/c1-4-18-14(3)15-8-10-17(11-9-15)20-12-16-7-5-6-13(2)19-16/h5-11,14,18H,4,12H2,1-3H3. The van der Waals surface area contributed by atoms with Gasteiger partial charge in [0.2, 0.25) is 0 Å². The summed E-state index contributed by atoms with van der Waals surface area (Å²) in [7, 11) is 0. The van der Waals surface area contributed by atoms with Crippen molar-refractivity contribution in [2.24, 2.45) is 0 Å². The molecule has 106 valence electrons. The fourth-order valence-corrected chi connectivity index (χ4v) is 2.92. The molecular formula is C17H22N2S. The zero-order chi connectivity index (χ0) is 14.4. The quantitative estimate of drug-likeness (QED) is 0.799. The van der Waals surface area contributed by atoms with Crippen molar-refractivity contribution in [1.82, 2.24) is 10.3 Å². The molecule has 1 unspecified atom stereocenters. The van der Waals surface area contributed by atoms with Gasteiger partial charge in [0.15, 0.2) is 0 Å². The summed E-state index contributed by atoms with van der Waals surface area (Å²) in [5, 5.41) is 3.43. The van der Waals surface area contributed by atoms with Crippen LogP contribution in [0.25, 0.3) is 0 Å². The van der Waals surface area contributed by atoms with E-state index in [0.29, 0.717) is 6.04 Å². The van der Waals surface area contributed by atoms with E-state index in [9.17, 15) is 0 Å². The molecule has 1 atom stereocenters. The van der Waals surface area contributed by atoms with E-state index < -0.39 is 0 Å². The topological polar surface area (TPSA) is 24.9 Å². The van der Waals surface area contributed by atoms with Crippen LogP contribution in [0.15, 0.2) is 47.4 Å². The summed E-state index contributed by atoms with van der Waals surface area (Å²) >= 11 is 1.83. The van der Waals surface area contributed by atoms with Crippen molar-refractivity contribution in [2.75, 3.05) is 6.54 Å². The van der Waals surface area contributed by atoms with Crippen molar-refractivity contribution in [1.29, 1.82) is 0 Å². The van der Waals surface area contributed by atoms with Crippen LogP contribution in [0.3, 0.4) is 0 Å².